The molecule has 2 saturated heterocycles. The van der Waals surface area contributed by atoms with Gasteiger partial charge in [0, 0.05) is 42.3 Å². The second-order valence-corrected chi connectivity index (χ2v) is 7.09. The van der Waals surface area contributed by atoms with Crippen molar-refractivity contribution in [2.45, 2.75) is 23.8 Å². The number of hydrogen-bond acceptors (Lipinski definition) is 5. The van der Waals surface area contributed by atoms with E-state index in [1.807, 2.05) is 13.3 Å². The molecule has 1 aromatic heterocycles. The molecule has 1 atom stereocenters. The summed E-state index contributed by atoms with van der Waals surface area (Å²) in [6.45, 7) is 3.44. The maximum atomic E-state index is 5.43. The summed E-state index contributed by atoms with van der Waals surface area (Å²) >= 11 is 3.85. The Bertz CT molecular complexity index is 349. The molecular weight excluding hydrogens is 240 g/mol. The normalized spacial score (nSPS) is 28.4. The summed E-state index contributed by atoms with van der Waals surface area (Å²) in [5, 5.41) is 3.29. The number of ether oxygens (including phenoxy) is 1. The molecule has 2 aliphatic heterocycles. The smallest absolute Gasteiger partial charge is 0.107 e. The monoisotopic (exact) mass is 256 g/mol. The lowest BCUT2D eigenvalue weighted by molar-refractivity contribution is 0.0631. The van der Waals surface area contributed by atoms with E-state index < -0.39 is 0 Å². The lowest BCUT2D eigenvalue weighted by Gasteiger charge is -2.47. The molecule has 5 heteroatoms. The van der Waals surface area contributed by atoms with Crippen LogP contribution in [0.2, 0.25) is 0 Å². The Morgan fingerprint density at radius 2 is 2.50 bits per heavy atom. The van der Waals surface area contributed by atoms with Gasteiger partial charge in [0.05, 0.1) is 12.6 Å². The summed E-state index contributed by atoms with van der Waals surface area (Å²) in [6.07, 6.45) is 3.59. The van der Waals surface area contributed by atoms with Crippen LogP contribution in [0.4, 0.5) is 0 Å². The van der Waals surface area contributed by atoms with Crippen LogP contribution in [0.5, 0.6) is 0 Å². The average molecular weight is 256 g/mol. The molecule has 88 valence electrons. The molecule has 0 aliphatic carbocycles. The number of aromatic nitrogens is 1. The maximum Gasteiger partial charge on any atom is 0.107 e. The van der Waals surface area contributed by atoms with Gasteiger partial charge in [-0.3, -0.25) is 4.90 Å². The molecule has 0 unspecified atom stereocenters. The predicted molar refractivity (Wildman–Crippen MR) is 68.0 cm³/mol. The molecule has 0 radical (unpaired) electrons. The van der Waals surface area contributed by atoms with Gasteiger partial charge in [-0.15, -0.1) is 23.1 Å². The fourth-order valence-electron chi connectivity index (χ4n) is 2.58. The van der Waals surface area contributed by atoms with Crippen LogP contribution in [0.1, 0.15) is 11.4 Å². The van der Waals surface area contributed by atoms with E-state index in [0.29, 0.717) is 10.9 Å². The lowest BCUT2D eigenvalue weighted by Crippen LogP contribution is -2.58. The molecule has 0 amide bonds. The van der Waals surface area contributed by atoms with Gasteiger partial charge in [0.15, 0.2) is 0 Å². The van der Waals surface area contributed by atoms with Crippen LogP contribution in [-0.4, -0.2) is 46.7 Å². The number of methoxy groups -OCH3 is 1. The van der Waals surface area contributed by atoms with Gasteiger partial charge < -0.3 is 4.74 Å². The molecule has 2 fully saturated rings. The quantitative estimate of drug-likeness (QED) is 0.824. The highest BCUT2D eigenvalue weighted by atomic mass is 32.2. The molecule has 0 saturated carbocycles. The fourth-order valence-corrected chi connectivity index (χ4v) is 4.88. The summed E-state index contributed by atoms with van der Waals surface area (Å²) in [7, 11) is 1.83. The zero-order chi connectivity index (χ0) is 11.0. The number of hydrogen-bond donors (Lipinski definition) is 0. The molecule has 1 spiro atoms. The van der Waals surface area contributed by atoms with Crippen LogP contribution < -0.4 is 0 Å². The van der Waals surface area contributed by atoms with Crippen molar-refractivity contribution in [2.75, 3.05) is 26.0 Å². The van der Waals surface area contributed by atoms with Gasteiger partial charge in [0.2, 0.25) is 0 Å². The number of likely N-dealkylation sites (tertiary alicyclic amines) is 1. The highest BCUT2D eigenvalue weighted by molar-refractivity contribution is 8.01. The molecule has 16 heavy (non-hydrogen) atoms. The fraction of sp³-hybridized carbons (Fsp3) is 0.727. The zero-order valence-corrected chi connectivity index (χ0v) is 11.0. The van der Waals surface area contributed by atoms with E-state index >= 15 is 0 Å². The van der Waals surface area contributed by atoms with E-state index in [9.17, 15) is 0 Å². The maximum absolute atomic E-state index is 5.43. The first-order valence-corrected chi connectivity index (χ1v) is 7.44. The zero-order valence-electron chi connectivity index (χ0n) is 9.39. The summed E-state index contributed by atoms with van der Waals surface area (Å²) in [4.78, 5) is 6.82. The van der Waals surface area contributed by atoms with Crippen LogP contribution in [-0.2, 0) is 11.3 Å². The Morgan fingerprint density at radius 1 is 1.62 bits per heavy atom. The van der Waals surface area contributed by atoms with Gasteiger partial charge in [-0.2, -0.15) is 0 Å². The second kappa shape index (κ2) is 4.29. The van der Waals surface area contributed by atoms with E-state index in [0.717, 1.165) is 6.54 Å². The minimum absolute atomic E-state index is 0.479. The highest BCUT2D eigenvalue weighted by Crippen LogP contribution is 2.46. The van der Waals surface area contributed by atoms with E-state index in [1.165, 1.54) is 30.3 Å². The van der Waals surface area contributed by atoms with E-state index in [2.05, 4.69) is 27.0 Å². The van der Waals surface area contributed by atoms with Crippen LogP contribution in [0.15, 0.2) is 11.6 Å². The van der Waals surface area contributed by atoms with Gasteiger partial charge in [0.25, 0.3) is 0 Å². The Labute approximate surface area is 104 Å². The topological polar surface area (TPSA) is 25.4 Å². The van der Waals surface area contributed by atoms with Crippen LogP contribution >= 0.6 is 23.1 Å². The SMILES string of the molecule is CO[C@@H]1CSC2(C1)CN(Cc1nccs1)C2. The largest absolute Gasteiger partial charge is 0.381 e. The first-order chi connectivity index (χ1) is 7.80. The highest BCUT2D eigenvalue weighted by Gasteiger charge is 2.48. The molecule has 1 aromatic rings. The summed E-state index contributed by atoms with van der Waals surface area (Å²) in [6, 6.07) is 0. The Hall–Kier alpha value is -0.100. The van der Waals surface area contributed by atoms with Gasteiger partial charge in [0.1, 0.15) is 5.01 Å². The molecule has 3 rings (SSSR count). The van der Waals surface area contributed by atoms with E-state index in [-0.39, 0.29) is 0 Å². The van der Waals surface area contributed by atoms with Crippen LogP contribution in [0.3, 0.4) is 0 Å². The minimum Gasteiger partial charge on any atom is -0.381 e. The van der Waals surface area contributed by atoms with Crippen molar-refractivity contribution in [1.29, 1.82) is 0 Å². The number of thioether (sulfide) groups is 1. The summed E-state index contributed by atoms with van der Waals surface area (Å²) in [5.41, 5.74) is 0. The van der Waals surface area contributed by atoms with Crippen molar-refractivity contribution in [2.24, 2.45) is 0 Å². The van der Waals surface area contributed by atoms with E-state index in [4.69, 9.17) is 4.74 Å². The summed E-state index contributed by atoms with van der Waals surface area (Å²) < 4.78 is 5.93. The second-order valence-electron chi connectivity index (χ2n) is 4.63. The molecule has 0 aromatic carbocycles. The van der Waals surface area contributed by atoms with Crippen molar-refractivity contribution in [1.82, 2.24) is 9.88 Å². The molecule has 2 aliphatic rings. The Balaban J connectivity index is 1.51. The van der Waals surface area contributed by atoms with Crippen molar-refractivity contribution in [3.05, 3.63) is 16.6 Å². The number of rotatable bonds is 3. The van der Waals surface area contributed by atoms with Crippen molar-refractivity contribution in [3.63, 3.8) is 0 Å². The van der Waals surface area contributed by atoms with Crippen molar-refractivity contribution < 1.29 is 4.74 Å². The van der Waals surface area contributed by atoms with Crippen LogP contribution in [0, 0.1) is 0 Å². The van der Waals surface area contributed by atoms with E-state index in [1.54, 1.807) is 11.3 Å². The lowest BCUT2D eigenvalue weighted by atomic mass is 9.93. The van der Waals surface area contributed by atoms with Crippen molar-refractivity contribution >= 4 is 23.1 Å². The predicted octanol–water partition coefficient (Wildman–Crippen LogP) is 1.85. The number of nitrogens with zero attached hydrogens (tertiary/aromatic N) is 2. The molecule has 0 bridgehead atoms. The minimum atomic E-state index is 0.479. The first kappa shape index (κ1) is 11.0. The van der Waals surface area contributed by atoms with Crippen molar-refractivity contribution in [3.8, 4) is 0 Å². The van der Waals surface area contributed by atoms with Crippen LogP contribution in [0.25, 0.3) is 0 Å². The number of thiazole rings is 1. The molecule has 3 nitrogen and oxygen atoms in total. The van der Waals surface area contributed by atoms with Gasteiger partial charge in [-0.05, 0) is 6.42 Å². The first-order valence-electron chi connectivity index (χ1n) is 5.57. The van der Waals surface area contributed by atoms with Gasteiger partial charge >= 0.3 is 0 Å². The Morgan fingerprint density at radius 3 is 3.12 bits per heavy atom. The average Bonchev–Trinajstić information content (AvgIpc) is 2.85. The van der Waals surface area contributed by atoms with Gasteiger partial charge in [-0.25, -0.2) is 4.98 Å². The van der Waals surface area contributed by atoms with Gasteiger partial charge in [-0.1, -0.05) is 0 Å². The third-order valence-corrected chi connectivity index (χ3v) is 5.71. The summed E-state index contributed by atoms with van der Waals surface area (Å²) in [5.74, 6) is 1.17. The Kier molecular flexibility index (Phi) is 2.96. The third kappa shape index (κ3) is 2.01. The molecule has 3 heterocycles. The third-order valence-electron chi connectivity index (χ3n) is 3.37. The molecular formula is C11H16N2OS2. The standard InChI is InChI=1S/C11H16N2OS2/c1-14-9-4-11(16-6-9)7-13(8-11)5-10-12-2-3-15-10/h2-3,9H,4-8H2,1H3/t9-/m0/s1. The molecule has 0 N–H and O–H groups in total.